The Bertz CT molecular complexity index is 618. The van der Waals surface area contributed by atoms with E-state index in [1.807, 2.05) is 19.1 Å². The average molecular weight is 369 g/mol. The third-order valence-electron chi connectivity index (χ3n) is 3.42. The maximum atomic E-state index is 11.9. The molecule has 8 heteroatoms. The number of rotatable bonds is 5. The number of anilines is 1. The molecule has 7 nitrogen and oxygen atoms in total. The summed E-state index contributed by atoms with van der Waals surface area (Å²) < 4.78 is 0. The highest BCUT2D eigenvalue weighted by molar-refractivity contribution is 6.33. The first-order chi connectivity index (χ1) is 11.8. The van der Waals surface area contributed by atoms with Gasteiger partial charge in [-0.1, -0.05) is 23.7 Å². The van der Waals surface area contributed by atoms with Gasteiger partial charge in [0.2, 0.25) is 5.91 Å². The number of amides is 1. The lowest BCUT2D eigenvalue weighted by Crippen LogP contribution is -2.31. The van der Waals surface area contributed by atoms with Crippen LogP contribution in [0, 0.1) is 6.92 Å². The molecule has 25 heavy (non-hydrogen) atoms. The van der Waals surface area contributed by atoms with E-state index in [4.69, 9.17) is 21.8 Å². The largest absolute Gasteiger partial charge is 0.478 e. The maximum Gasteiger partial charge on any atom is 0.328 e. The summed E-state index contributed by atoms with van der Waals surface area (Å²) in [6, 6.07) is 5.62. The number of carbonyl (C=O) groups is 3. The maximum absolute atomic E-state index is 11.9. The minimum absolute atomic E-state index is 0.0168. The summed E-state index contributed by atoms with van der Waals surface area (Å²) in [5.41, 5.74) is 1.73. The topological polar surface area (TPSA) is 107 Å². The lowest BCUT2D eigenvalue weighted by atomic mass is 10.2. The van der Waals surface area contributed by atoms with Gasteiger partial charge in [0.05, 0.1) is 17.3 Å². The molecule has 0 unspecified atom stereocenters. The number of hydrogen-bond acceptors (Lipinski definition) is 4. The lowest BCUT2D eigenvalue weighted by molar-refractivity contribution is -0.134. The van der Waals surface area contributed by atoms with Gasteiger partial charge in [-0.2, -0.15) is 0 Å². The number of aryl methyl sites for hydroxylation is 1. The van der Waals surface area contributed by atoms with Crippen molar-refractivity contribution in [3.05, 3.63) is 40.9 Å². The molecule has 1 fully saturated rings. The molecule has 0 spiro atoms. The number of benzene rings is 1. The number of nitrogens with zero attached hydrogens (tertiary/aromatic N) is 1. The zero-order valence-electron chi connectivity index (χ0n) is 13.9. The van der Waals surface area contributed by atoms with Crippen LogP contribution in [0.2, 0.25) is 5.02 Å². The second kappa shape index (κ2) is 10.5. The summed E-state index contributed by atoms with van der Waals surface area (Å²) in [6.07, 6.45) is 3.50. The van der Waals surface area contributed by atoms with Crippen molar-refractivity contribution in [2.45, 2.75) is 19.8 Å². The second-order valence-corrected chi connectivity index (χ2v) is 5.88. The zero-order chi connectivity index (χ0) is 18.8. The molecule has 0 atom stereocenters. The van der Waals surface area contributed by atoms with Gasteiger partial charge in [0.15, 0.2) is 0 Å². The van der Waals surface area contributed by atoms with Crippen LogP contribution in [-0.2, 0) is 14.4 Å². The van der Waals surface area contributed by atoms with E-state index in [1.54, 1.807) is 6.07 Å². The first-order valence-electron chi connectivity index (χ1n) is 7.71. The minimum Gasteiger partial charge on any atom is -0.478 e. The van der Waals surface area contributed by atoms with Crippen LogP contribution in [0.25, 0.3) is 0 Å². The highest BCUT2D eigenvalue weighted by Gasteiger charge is 2.16. The van der Waals surface area contributed by atoms with Crippen LogP contribution >= 0.6 is 11.6 Å². The monoisotopic (exact) mass is 368 g/mol. The van der Waals surface area contributed by atoms with E-state index in [0.29, 0.717) is 23.7 Å². The molecular weight excluding hydrogens is 348 g/mol. The Morgan fingerprint density at radius 3 is 2.20 bits per heavy atom. The van der Waals surface area contributed by atoms with Gasteiger partial charge in [0.1, 0.15) is 0 Å². The molecule has 1 amide bonds. The molecule has 0 bridgehead atoms. The smallest absolute Gasteiger partial charge is 0.328 e. The number of likely N-dealkylation sites (tertiary alicyclic amines) is 1. The molecule has 1 aliphatic heterocycles. The molecule has 0 aliphatic carbocycles. The number of nitrogens with one attached hydrogen (secondary N) is 1. The van der Waals surface area contributed by atoms with E-state index in [9.17, 15) is 14.4 Å². The van der Waals surface area contributed by atoms with Crippen molar-refractivity contribution in [2.24, 2.45) is 0 Å². The van der Waals surface area contributed by atoms with Crippen molar-refractivity contribution in [2.75, 3.05) is 25.0 Å². The van der Waals surface area contributed by atoms with Crippen LogP contribution in [0.3, 0.4) is 0 Å². The molecule has 1 heterocycles. The molecule has 2 rings (SSSR count). The van der Waals surface area contributed by atoms with Crippen LogP contribution in [0.4, 0.5) is 5.69 Å². The zero-order valence-corrected chi connectivity index (χ0v) is 14.6. The molecular formula is C17H21ClN2O5. The molecule has 1 saturated heterocycles. The Morgan fingerprint density at radius 2 is 1.72 bits per heavy atom. The fourth-order valence-corrected chi connectivity index (χ4v) is 2.52. The fraction of sp³-hybridized carbons (Fsp3) is 0.353. The predicted molar refractivity (Wildman–Crippen MR) is 94.9 cm³/mol. The first-order valence-corrected chi connectivity index (χ1v) is 8.08. The van der Waals surface area contributed by atoms with E-state index < -0.39 is 11.9 Å². The van der Waals surface area contributed by atoms with Crippen molar-refractivity contribution in [1.82, 2.24) is 4.90 Å². The van der Waals surface area contributed by atoms with Crippen LogP contribution in [0.5, 0.6) is 0 Å². The van der Waals surface area contributed by atoms with E-state index in [-0.39, 0.29) is 5.91 Å². The molecule has 3 N–H and O–H groups in total. The van der Waals surface area contributed by atoms with Gasteiger partial charge in [0, 0.05) is 12.2 Å². The average Bonchev–Trinajstić information content (AvgIpc) is 3.02. The number of carboxylic acids is 2. The van der Waals surface area contributed by atoms with Gasteiger partial charge in [-0.3, -0.25) is 9.69 Å². The third-order valence-corrected chi connectivity index (χ3v) is 3.74. The van der Waals surface area contributed by atoms with Crippen molar-refractivity contribution in [3.8, 4) is 0 Å². The minimum atomic E-state index is -1.26. The summed E-state index contributed by atoms with van der Waals surface area (Å²) >= 11 is 6.06. The standard InChI is InChI=1S/C13H17ClN2O.C4H4O4/c1-10-5-4-6-11(14)13(10)15-12(17)9-16-7-2-3-8-16;5-3(6)1-2-4(7)8/h4-6H,2-3,7-9H2,1H3,(H,15,17);1-2H,(H,5,6)(H,7,8)/b;2-1-. The number of halogens is 1. The number of aliphatic carboxylic acids is 2. The second-order valence-electron chi connectivity index (χ2n) is 5.47. The summed E-state index contributed by atoms with van der Waals surface area (Å²) in [7, 11) is 0. The van der Waals surface area contributed by atoms with Crippen LogP contribution in [0.15, 0.2) is 30.4 Å². The number of para-hydroxylation sites is 1. The molecule has 0 aromatic heterocycles. The molecule has 0 radical (unpaired) electrons. The van der Waals surface area contributed by atoms with Gasteiger partial charge in [0.25, 0.3) is 0 Å². The van der Waals surface area contributed by atoms with Crippen LogP contribution < -0.4 is 5.32 Å². The molecule has 1 aromatic rings. The predicted octanol–water partition coefficient (Wildman–Crippen LogP) is 2.39. The summed E-state index contributed by atoms with van der Waals surface area (Å²) in [6.45, 7) is 4.45. The number of carbonyl (C=O) groups excluding carboxylic acids is 1. The Kier molecular flexibility index (Phi) is 8.66. The Labute approximate surface area is 150 Å². The van der Waals surface area contributed by atoms with Crippen molar-refractivity contribution in [1.29, 1.82) is 0 Å². The molecule has 1 aromatic carbocycles. The lowest BCUT2D eigenvalue weighted by Gasteiger charge is -2.15. The van der Waals surface area contributed by atoms with Crippen molar-refractivity contribution < 1.29 is 24.6 Å². The highest BCUT2D eigenvalue weighted by atomic mass is 35.5. The van der Waals surface area contributed by atoms with Gasteiger partial charge >= 0.3 is 11.9 Å². The van der Waals surface area contributed by atoms with Gasteiger partial charge in [-0.05, 0) is 44.5 Å². The van der Waals surface area contributed by atoms with E-state index in [1.165, 1.54) is 12.8 Å². The summed E-state index contributed by atoms with van der Waals surface area (Å²) in [5, 5.41) is 19.1. The van der Waals surface area contributed by atoms with Gasteiger partial charge in [-0.25, -0.2) is 9.59 Å². The summed E-state index contributed by atoms with van der Waals surface area (Å²) in [4.78, 5) is 33.1. The van der Waals surface area contributed by atoms with Crippen molar-refractivity contribution >= 4 is 35.1 Å². The van der Waals surface area contributed by atoms with Crippen molar-refractivity contribution in [3.63, 3.8) is 0 Å². The molecule has 0 saturated carbocycles. The summed E-state index contributed by atoms with van der Waals surface area (Å²) in [5.74, 6) is -2.50. The quantitative estimate of drug-likeness (QED) is 0.689. The third kappa shape index (κ3) is 8.32. The normalized spacial score (nSPS) is 14.0. The first kappa shape index (κ1) is 20.7. The van der Waals surface area contributed by atoms with Gasteiger partial charge in [-0.15, -0.1) is 0 Å². The SMILES string of the molecule is Cc1cccc(Cl)c1NC(=O)CN1CCCC1.O=C(O)/C=C\C(=O)O. The van der Waals surface area contributed by atoms with E-state index in [0.717, 1.165) is 24.3 Å². The number of hydrogen-bond donors (Lipinski definition) is 3. The Hall–Kier alpha value is -2.38. The number of carboxylic acid groups (broad SMARTS) is 2. The van der Waals surface area contributed by atoms with Crippen LogP contribution in [0.1, 0.15) is 18.4 Å². The van der Waals surface area contributed by atoms with Gasteiger partial charge < -0.3 is 15.5 Å². The Morgan fingerprint density at radius 1 is 1.16 bits per heavy atom. The fourth-order valence-electron chi connectivity index (χ4n) is 2.26. The van der Waals surface area contributed by atoms with E-state index >= 15 is 0 Å². The Balaban J connectivity index is 0.000000333. The van der Waals surface area contributed by atoms with E-state index in [2.05, 4.69) is 10.2 Å². The highest BCUT2D eigenvalue weighted by Crippen LogP contribution is 2.25. The molecule has 136 valence electrons. The van der Waals surface area contributed by atoms with Crippen LogP contribution in [-0.4, -0.2) is 52.6 Å². The molecule has 1 aliphatic rings.